The van der Waals surface area contributed by atoms with Gasteiger partial charge in [-0.3, -0.25) is 14.0 Å². The van der Waals surface area contributed by atoms with Crippen molar-refractivity contribution in [1.29, 1.82) is 0 Å². The van der Waals surface area contributed by atoms with E-state index in [9.17, 15) is 24.4 Å². The molecule has 0 saturated carbocycles. The molecule has 38 heteroatoms. The summed E-state index contributed by atoms with van der Waals surface area (Å²) < 4.78 is 79.6. The number of amides is 2. The summed E-state index contributed by atoms with van der Waals surface area (Å²) in [5.41, 5.74) is 17.9. The van der Waals surface area contributed by atoms with Gasteiger partial charge in [0, 0.05) is 138 Å². The lowest BCUT2D eigenvalue weighted by Gasteiger charge is -2.17. The summed E-state index contributed by atoms with van der Waals surface area (Å²) in [6.45, 7) is 19.8. The third-order valence-electron chi connectivity index (χ3n) is 17.2. The van der Waals surface area contributed by atoms with Crippen LogP contribution in [0.15, 0.2) is 265 Å². The van der Waals surface area contributed by atoms with Crippen LogP contribution >= 0.6 is 45.2 Å². The number of aliphatic hydroxyl groups is 1. The highest BCUT2D eigenvalue weighted by Gasteiger charge is 2.15. The lowest BCUT2D eigenvalue weighted by molar-refractivity contribution is -0.131. The van der Waals surface area contributed by atoms with Gasteiger partial charge in [0.05, 0.1) is 31.6 Å². The van der Waals surface area contributed by atoms with Crippen LogP contribution in [0.5, 0.6) is 34.5 Å². The first-order valence-corrected chi connectivity index (χ1v) is 49.1. The molecule has 4 heterocycles. The summed E-state index contributed by atoms with van der Waals surface area (Å²) in [7, 11) is 12.1. The summed E-state index contributed by atoms with van der Waals surface area (Å²) in [5, 5.41) is 49.9. The Balaban J connectivity index is 0.000000399. The molecule has 746 valence electrons. The van der Waals surface area contributed by atoms with Gasteiger partial charge in [-0.1, -0.05) is 137 Å². The van der Waals surface area contributed by atoms with Gasteiger partial charge in [-0.15, -0.1) is 33.7 Å². The smallest absolute Gasteiger partial charge is 0.325 e. The Morgan fingerprint density at radius 2 is 0.928 bits per heavy atom. The molecule has 2 amide bonds. The van der Waals surface area contributed by atoms with Crippen molar-refractivity contribution in [2.24, 2.45) is 32.1 Å². The van der Waals surface area contributed by atoms with E-state index in [1.54, 1.807) is 100 Å². The third-order valence-corrected chi connectivity index (χ3v) is 19.5. The average molecular weight is 2160 g/mol. The fraction of sp³-hybridized carbons (Fsp3) is 0.317. The second-order valence-electron chi connectivity index (χ2n) is 28.9. The highest BCUT2D eigenvalue weighted by atomic mass is 127. The topological polar surface area (TPSA) is 413 Å². The fourth-order valence-corrected chi connectivity index (χ4v) is 11.1. The number of nitrogens with one attached hydrogen (secondary N) is 3. The molecule has 0 fully saturated rings. The van der Waals surface area contributed by atoms with Crippen LogP contribution in [0.4, 0.5) is 4.79 Å². The summed E-state index contributed by atoms with van der Waals surface area (Å²) in [6, 6.07) is 73.2. The minimum Gasteiger partial charge on any atom is -0.508 e. The molecule has 0 saturated heterocycles. The number of urea groups is 1. The molecular weight excluding hydrogens is 2030 g/mol. The predicted octanol–water partition coefficient (Wildman–Crippen LogP) is 16.5. The molecule has 9 aromatic carbocycles. The molecule has 0 bridgehead atoms. The first-order chi connectivity index (χ1) is 67.2. The molecule has 13 rings (SSSR count). The normalized spacial score (nSPS) is 10.1. The van der Waals surface area contributed by atoms with E-state index in [4.69, 9.17) is 90.0 Å². The standard InChI is InChI=1S/C14H22N2O3.C12H15N3O3.C12H13N3O3.C11H13N3O2.C10H10N2O.C10H10O2.C8H9IO2.C7H7NO.C6H5IO.C6H15NO2.C5H10Si/c1-3-18-13(19-4-2)11-16-14(17)15-10-12-8-6-5-7-9-12;2*1-15-11(7-16)12(13-14-15)9-3-5-10(6-4-9)18-8-17-2;1-14-7-11(12-13-14)9-3-5-10(6-4-9)16-8-15-2;13-10-11-6-7-12(10)8-9-4-2-1-3-5-9;1-3-9-4-6-10(7-5-9)12-8-11-2;1-10-6-11-8-4-2-7(9)3-5-8;9-8-6-7-4-2-1-3-5-7;7-5-1-3-6(8)4-2-5;1-3-8-6(5-7)9-4-2;1-5-6(2,3)4/h5-9,13H,3-4,10-11H2,1-2H3,(H2,15,16,17);3-6,16H,7-8H2,1-2H3;3-7H,8H2,1-2H3;3-7H,8H2,1-2H3;1-7H,8H2,(H,11,13);1,4-7H,8H2,2H3;2-5H,6H2,1H3;1-5H,6H2;1-4,8H;6H,3-5,7H2,1-2H3;1H,2-4H3. The van der Waals surface area contributed by atoms with Gasteiger partial charge in [0.15, 0.2) is 52.8 Å². The molecule has 0 aliphatic heterocycles. The number of H-pyrrole nitrogens is 1. The van der Waals surface area contributed by atoms with Gasteiger partial charge in [0.25, 0.3) is 0 Å². The molecule has 139 heavy (non-hydrogen) atoms. The molecule has 0 aliphatic carbocycles. The summed E-state index contributed by atoms with van der Waals surface area (Å²) in [4.78, 5) is 46.0. The number of ether oxygens (including phenoxy) is 14. The largest absolute Gasteiger partial charge is 0.508 e. The molecule has 0 unspecified atom stereocenters. The van der Waals surface area contributed by atoms with Gasteiger partial charge in [-0.2, -0.15) is 4.91 Å². The van der Waals surface area contributed by atoms with Crippen LogP contribution in [0, 0.1) is 36.4 Å². The van der Waals surface area contributed by atoms with Gasteiger partial charge >= 0.3 is 11.7 Å². The van der Waals surface area contributed by atoms with E-state index < -0.39 is 14.4 Å². The number of aromatic hydroxyl groups is 1. The molecule has 13 aromatic rings. The second kappa shape index (κ2) is 74.2. The van der Waals surface area contributed by atoms with E-state index in [2.05, 4.69) is 128 Å². The van der Waals surface area contributed by atoms with Crippen molar-refractivity contribution in [2.75, 3.05) is 109 Å². The second-order valence-corrected chi connectivity index (χ2v) is 36.2. The first-order valence-electron chi connectivity index (χ1n) is 43.4. The Bertz CT molecular complexity index is 5470. The summed E-state index contributed by atoms with van der Waals surface area (Å²) in [5.74, 6) is 6.63. The van der Waals surface area contributed by atoms with Gasteiger partial charge in [-0.25, -0.2) is 19.0 Å². The number of nitrogens with two attached hydrogens (primary N) is 1. The number of phenolic OH excluding ortho intramolecular Hbond substituents is 1. The SMILES string of the molecule is C#C[Si](C)(C)C.C#Cc1ccc(OCOC)cc1.CCOC(CN)OCC.CCOC(CNC(=O)NCc1ccccc1)OCC.COCOc1ccc(-c2cn(C)nn2)cc1.COCOc1ccc(-c2nnn(C)c2C=O)cc1.COCOc1ccc(-c2nnn(C)c2CO)cc1.COCOc1ccc(I)cc1.O=NCc1ccccc1.O=c1[nH]ccn1Cc1ccccc1.Oc1ccc(I)cc1. The van der Waals surface area contributed by atoms with Crippen LogP contribution in [0.1, 0.15) is 66.1 Å². The highest BCUT2D eigenvalue weighted by molar-refractivity contribution is 14.1. The van der Waals surface area contributed by atoms with E-state index >= 15 is 0 Å². The van der Waals surface area contributed by atoms with Crippen LogP contribution < -0.4 is 45.7 Å². The zero-order valence-electron chi connectivity index (χ0n) is 81.2. The van der Waals surface area contributed by atoms with Crippen LogP contribution in [-0.2, 0) is 90.0 Å². The summed E-state index contributed by atoms with van der Waals surface area (Å²) >= 11 is 4.43. The summed E-state index contributed by atoms with van der Waals surface area (Å²) in [6.07, 6.45) is 15.7. The van der Waals surface area contributed by atoms with E-state index in [1.165, 1.54) is 8.25 Å². The number of aromatic amines is 1. The van der Waals surface area contributed by atoms with Crippen molar-refractivity contribution in [2.45, 2.75) is 86.2 Å². The molecule has 0 spiro atoms. The first kappa shape index (κ1) is 120. The number of aliphatic hydroxyl groups excluding tert-OH is 1. The monoisotopic (exact) mass is 2150 g/mol. The molecule has 0 aliphatic rings. The van der Waals surface area contributed by atoms with E-state index in [1.807, 2.05) is 253 Å². The predicted molar refractivity (Wildman–Crippen MR) is 556 cm³/mol. The van der Waals surface area contributed by atoms with E-state index in [0.29, 0.717) is 93.7 Å². The number of imidazole rings is 1. The molecule has 0 radical (unpaired) electrons. The molecule has 35 nitrogen and oxygen atoms in total. The molecule has 4 aromatic heterocycles. The molecule has 0 atom stereocenters. The third kappa shape index (κ3) is 53.6. The van der Waals surface area contributed by atoms with Crippen LogP contribution in [-0.4, -0.2) is 207 Å². The minimum absolute atomic E-state index is 0.0659. The number of carbonyl (C=O) groups excluding carboxylic acids is 2. The van der Waals surface area contributed by atoms with Gasteiger partial charge < -0.3 is 97.9 Å². The zero-order valence-corrected chi connectivity index (χ0v) is 86.6. The lowest BCUT2D eigenvalue weighted by Crippen LogP contribution is -2.41. The van der Waals surface area contributed by atoms with Crippen molar-refractivity contribution in [3.63, 3.8) is 0 Å². The number of halogens is 2. The number of aromatic nitrogens is 11. The van der Waals surface area contributed by atoms with E-state index in [0.717, 1.165) is 77.5 Å². The Hall–Kier alpha value is -12.9. The number of nitrogens with zero attached hydrogens (tertiary/aromatic N) is 11. The maximum absolute atomic E-state index is 11.6. The Labute approximate surface area is 842 Å². The highest BCUT2D eigenvalue weighted by Crippen LogP contribution is 2.26. The number of carbonyl (C=O) groups is 2. The molecule has 7 N–H and O–H groups in total. The van der Waals surface area contributed by atoms with Crippen LogP contribution in [0.2, 0.25) is 19.6 Å². The van der Waals surface area contributed by atoms with Crippen molar-refractivity contribution in [3.05, 3.63) is 311 Å². The van der Waals surface area contributed by atoms with Gasteiger partial charge in [0.1, 0.15) is 71.9 Å². The maximum atomic E-state index is 11.6. The number of rotatable bonds is 37. The van der Waals surface area contributed by atoms with Gasteiger partial charge in [0.2, 0.25) is 0 Å². The number of benzene rings is 9. The van der Waals surface area contributed by atoms with Crippen LogP contribution in [0.25, 0.3) is 33.8 Å². The number of aldehydes is 1. The Morgan fingerprint density at radius 3 is 1.30 bits per heavy atom. The number of nitroso groups, excluding NO2 is 1. The Kier molecular flexibility index (Phi) is 64.2. The number of hydrogen-bond acceptors (Lipinski definition) is 28. The number of methoxy groups -OCH3 is 5. The minimum atomic E-state index is -1.10. The average Bonchev–Trinajstić information content (AvgIpc) is 1.69. The van der Waals surface area contributed by atoms with Crippen molar-refractivity contribution >= 4 is 65.6 Å². The zero-order chi connectivity index (χ0) is 102. The number of phenols is 1. The number of hydrogen-bond donors (Lipinski definition) is 6. The quantitative estimate of drug-likeness (QED) is 0.00526. The van der Waals surface area contributed by atoms with E-state index in [-0.39, 0.29) is 58.3 Å². The Morgan fingerprint density at radius 1 is 0.532 bits per heavy atom. The van der Waals surface area contributed by atoms with Crippen molar-refractivity contribution in [3.8, 4) is 92.6 Å². The van der Waals surface area contributed by atoms with Crippen LogP contribution in [0.3, 0.4) is 0 Å². The molecular formula is C101H129I2N15O20Si. The fourth-order valence-electron chi connectivity index (χ4n) is 10.4. The number of aryl methyl sites for hydroxylation is 3. The van der Waals surface area contributed by atoms with Crippen molar-refractivity contribution in [1.82, 2.24) is 65.2 Å². The van der Waals surface area contributed by atoms with Crippen molar-refractivity contribution < 1.29 is 86.1 Å². The van der Waals surface area contributed by atoms with Gasteiger partial charge in [-0.05, 0) is 235 Å². The number of terminal acetylenes is 2. The maximum Gasteiger partial charge on any atom is 0.325 e. The lowest BCUT2D eigenvalue weighted by atomic mass is 10.1.